The number of aryl methyl sites for hydroxylation is 1. The number of nitrogens with one attached hydrogen (secondary N) is 2. The highest BCUT2D eigenvalue weighted by atomic mass is 16.4. The van der Waals surface area contributed by atoms with Crippen molar-refractivity contribution in [2.24, 2.45) is 17.6 Å². The summed E-state index contributed by atoms with van der Waals surface area (Å²) < 4.78 is 1.56. The third-order valence-corrected chi connectivity index (χ3v) is 4.10. The molecule has 0 bridgehead atoms. The maximum atomic E-state index is 12.3. The Hall–Kier alpha value is -3.36. The number of benzene rings is 1. The molecule has 0 aliphatic heterocycles. The van der Waals surface area contributed by atoms with Crippen LogP contribution in [0.5, 0.6) is 0 Å². The normalized spacial score (nSPS) is 11.9. The van der Waals surface area contributed by atoms with Gasteiger partial charge in [-0.1, -0.05) is 13.8 Å². The van der Waals surface area contributed by atoms with Crippen molar-refractivity contribution in [2.75, 3.05) is 11.9 Å². The van der Waals surface area contributed by atoms with Gasteiger partial charge in [0.1, 0.15) is 0 Å². The van der Waals surface area contributed by atoms with E-state index >= 15 is 0 Å². The van der Waals surface area contributed by atoms with E-state index in [1.807, 2.05) is 20.8 Å². The van der Waals surface area contributed by atoms with Crippen LogP contribution >= 0.6 is 0 Å². The lowest BCUT2D eigenvalue weighted by molar-refractivity contribution is -0.142. The number of hydrogen-bond acceptors (Lipinski definition) is 4. The largest absolute Gasteiger partial charge is 0.481 e. The zero-order valence-electron chi connectivity index (χ0n) is 16.1. The highest BCUT2D eigenvalue weighted by molar-refractivity contribution is 5.97. The summed E-state index contributed by atoms with van der Waals surface area (Å²) >= 11 is 0. The number of primary amides is 1. The number of aliphatic carboxylic acids is 1. The van der Waals surface area contributed by atoms with Gasteiger partial charge in [0.05, 0.1) is 23.5 Å². The Balaban J connectivity index is 2.18. The first kappa shape index (κ1) is 20.9. The SMILES string of the molecule is Cc1cnn(-c2ccc(C(N)=O)cc2NC(=O)NCC(CC(C)C)C(=O)O)c1. The van der Waals surface area contributed by atoms with Crippen molar-refractivity contribution in [3.05, 3.63) is 41.7 Å². The van der Waals surface area contributed by atoms with Gasteiger partial charge >= 0.3 is 12.0 Å². The fourth-order valence-electron chi connectivity index (χ4n) is 2.76. The summed E-state index contributed by atoms with van der Waals surface area (Å²) in [5.74, 6) is -2.09. The van der Waals surface area contributed by atoms with E-state index in [0.29, 0.717) is 17.8 Å². The number of amides is 3. The fourth-order valence-corrected chi connectivity index (χ4v) is 2.76. The Bertz CT molecular complexity index is 875. The number of carbonyl (C=O) groups is 3. The Morgan fingerprint density at radius 2 is 2.00 bits per heavy atom. The van der Waals surface area contributed by atoms with Crippen LogP contribution in [0.15, 0.2) is 30.6 Å². The molecule has 0 fully saturated rings. The maximum absolute atomic E-state index is 12.3. The molecule has 1 atom stereocenters. The number of aromatic nitrogens is 2. The average molecular weight is 387 g/mol. The number of nitrogens with zero attached hydrogens (tertiary/aromatic N) is 2. The lowest BCUT2D eigenvalue weighted by Gasteiger charge is -2.17. The van der Waals surface area contributed by atoms with E-state index in [1.165, 1.54) is 6.07 Å². The highest BCUT2D eigenvalue weighted by Gasteiger charge is 2.20. The summed E-state index contributed by atoms with van der Waals surface area (Å²) in [6.45, 7) is 5.71. The first-order chi connectivity index (χ1) is 13.2. The predicted octanol–water partition coefficient (Wildman–Crippen LogP) is 2.15. The molecule has 0 saturated heterocycles. The van der Waals surface area contributed by atoms with Crippen LogP contribution in [0.25, 0.3) is 5.69 Å². The molecule has 0 radical (unpaired) electrons. The number of carboxylic acid groups (broad SMARTS) is 1. The van der Waals surface area contributed by atoms with Gasteiger partial charge in [0.2, 0.25) is 5.91 Å². The van der Waals surface area contributed by atoms with E-state index in [0.717, 1.165) is 5.56 Å². The van der Waals surface area contributed by atoms with Crippen molar-refractivity contribution in [3.8, 4) is 5.69 Å². The topological polar surface area (TPSA) is 139 Å². The minimum absolute atomic E-state index is 0.00886. The Morgan fingerprint density at radius 3 is 2.54 bits per heavy atom. The van der Waals surface area contributed by atoms with Crippen LogP contribution in [-0.2, 0) is 4.79 Å². The number of urea groups is 1. The zero-order valence-corrected chi connectivity index (χ0v) is 16.1. The van der Waals surface area contributed by atoms with Gasteiger partial charge in [-0.15, -0.1) is 0 Å². The van der Waals surface area contributed by atoms with Gasteiger partial charge in [-0.25, -0.2) is 9.48 Å². The first-order valence-electron chi connectivity index (χ1n) is 8.90. The van der Waals surface area contributed by atoms with Crippen molar-refractivity contribution in [1.29, 1.82) is 0 Å². The van der Waals surface area contributed by atoms with Gasteiger partial charge in [0, 0.05) is 18.3 Å². The first-order valence-corrected chi connectivity index (χ1v) is 8.90. The van der Waals surface area contributed by atoms with Gasteiger partial charge < -0.3 is 21.5 Å². The summed E-state index contributed by atoms with van der Waals surface area (Å²) in [5.41, 5.74) is 7.35. The van der Waals surface area contributed by atoms with E-state index in [-0.39, 0.29) is 18.0 Å². The van der Waals surface area contributed by atoms with Crippen molar-refractivity contribution in [2.45, 2.75) is 27.2 Å². The van der Waals surface area contributed by atoms with Gasteiger partial charge in [-0.05, 0) is 43.0 Å². The van der Waals surface area contributed by atoms with Gasteiger partial charge in [-0.2, -0.15) is 5.10 Å². The Kier molecular flexibility index (Phi) is 6.75. The summed E-state index contributed by atoms with van der Waals surface area (Å²) in [6, 6.07) is 4.04. The number of carboxylic acids is 1. The molecule has 9 nitrogen and oxygen atoms in total. The molecule has 3 amide bonds. The molecule has 1 aromatic heterocycles. The Labute approximate surface area is 162 Å². The third kappa shape index (κ3) is 5.57. The van der Waals surface area contributed by atoms with Gasteiger partial charge in [0.25, 0.3) is 0 Å². The van der Waals surface area contributed by atoms with Crippen molar-refractivity contribution < 1.29 is 19.5 Å². The standard InChI is InChI=1S/C19H25N5O4/c1-11(2)6-14(18(26)27)9-21-19(28)23-15-7-13(17(20)25)4-5-16(15)24-10-12(3)8-22-24/h4-5,7-8,10-11,14H,6,9H2,1-3H3,(H2,20,25)(H,26,27)(H2,21,23,28). The van der Waals surface area contributed by atoms with E-state index in [4.69, 9.17) is 5.73 Å². The summed E-state index contributed by atoms with van der Waals surface area (Å²) in [5, 5.41) is 18.7. The monoisotopic (exact) mass is 387 g/mol. The average Bonchev–Trinajstić information content (AvgIpc) is 3.04. The number of anilines is 1. The molecule has 1 unspecified atom stereocenters. The van der Waals surface area contributed by atoms with E-state index in [1.54, 1.807) is 29.2 Å². The molecule has 1 aromatic carbocycles. The minimum Gasteiger partial charge on any atom is -0.481 e. The summed E-state index contributed by atoms with van der Waals surface area (Å²) in [4.78, 5) is 35.2. The van der Waals surface area contributed by atoms with Crippen molar-refractivity contribution in [1.82, 2.24) is 15.1 Å². The summed E-state index contributed by atoms with van der Waals surface area (Å²) in [6.07, 6.45) is 3.88. The molecule has 5 N–H and O–H groups in total. The molecule has 0 spiro atoms. The van der Waals surface area contributed by atoms with Crippen LogP contribution in [0.4, 0.5) is 10.5 Å². The summed E-state index contributed by atoms with van der Waals surface area (Å²) in [7, 11) is 0. The van der Waals surface area contributed by atoms with Crippen LogP contribution < -0.4 is 16.4 Å². The molecular weight excluding hydrogens is 362 g/mol. The van der Waals surface area contributed by atoms with Crippen LogP contribution in [0.1, 0.15) is 36.2 Å². The molecule has 150 valence electrons. The molecule has 28 heavy (non-hydrogen) atoms. The second kappa shape index (κ2) is 9.03. The maximum Gasteiger partial charge on any atom is 0.319 e. The number of nitrogens with two attached hydrogens (primary N) is 1. The quantitative estimate of drug-likeness (QED) is 0.549. The molecule has 0 aliphatic rings. The Morgan fingerprint density at radius 1 is 1.29 bits per heavy atom. The van der Waals surface area contributed by atoms with E-state index in [2.05, 4.69) is 15.7 Å². The van der Waals surface area contributed by atoms with Crippen molar-refractivity contribution in [3.63, 3.8) is 0 Å². The second-order valence-corrected chi connectivity index (χ2v) is 7.06. The molecule has 0 aliphatic carbocycles. The smallest absolute Gasteiger partial charge is 0.319 e. The van der Waals surface area contributed by atoms with Crippen molar-refractivity contribution >= 4 is 23.6 Å². The number of hydrogen-bond donors (Lipinski definition) is 4. The van der Waals surface area contributed by atoms with Crippen LogP contribution in [0.2, 0.25) is 0 Å². The van der Waals surface area contributed by atoms with Crippen LogP contribution in [0.3, 0.4) is 0 Å². The molecule has 2 aromatic rings. The molecule has 1 heterocycles. The predicted molar refractivity (Wildman–Crippen MR) is 104 cm³/mol. The fraction of sp³-hybridized carbons (Fsp3) is 0.368. The van der Waals surface area contributed by atoms with E-state index in [9.17, 15) is 19.5 Å². The third-order valence-electron chi connectivity index (χ3n) is 4.10. The van der Waals surface area contributed by atoms with E-state index < -0.39 is 23.8 Å². The second-order valence-electron chi connectivity index (χ2n) is 7.06. The zero-order chi connectivity index (χ0) is 20.8. The van der Waals surface area contributed by atoms with Crippen LogP contribution in [-0.4, -0.2) is 39.3 Å². The minimum atomic E-state index is -0.961. The van der Waals surface area contributed by atoms with Crippen LogP contribution in [0, 0.1) is 18.8 Å². The molecule has 9 heteroatoms. The number of carbonyl (C=O) groups excluding carboxylic acids is 2. The lowest BCUT2D eigenvalue weighted by Crippen LogP contribution is -2.36. The molecule has 2 rings (SSSR count). The lowest BCUT2D eigenvalue weighted by atomic mass is 9.97. The van der Waals surface area contributed by atoms with Gasteiger partial charge in [0.15, 0.2) is 0 Å². The molecule has 0 saturated carbocycles. The van der Waals surface area contributed by atoms with Gasteiger partial charge in [-0.3, -0.25) is 9.59 Å². The highest BCUT2D eigenvalue weighted by Crippen LogP contribution is 2.22. The molecular formula is C19H25N5O4. The number of rotatable bonds is 8.